The van der Waals surface area contributed by atoms with Crippen LogP contribution in [-0.2, 0) is 6.42 Å². The highest BCUT2D eigenvalue weighted by molar-refractivity contribution is 6.59. The summed E-state index contributed by atoms with van der Waals surface area (Å²) in [5.41, 5.74) is 0.372. The topological polar surface area (TPSA) is 40.5 Å². The van der Waals surface area contributed by atoms with E-state index in [9.17, 15) is 13.2 Å². The first-order chi connectivity index (χ1) is 6.90. The lowest BCUT2D eigenvalue weighted by atomic mass is 10.1. The van der Waals surface area contributed by atoms with E-state index in [4.69, 9.17) is 9.59 Å². The van der Waals surface area contributed by atoms with E-state index >= 15 is 0 Å². The van der Waals surface area contributed by atoms with Crippen molar-refractivity contribution < 1.29 is 22.8 Å². The Morgan fingerprint density at radius 2 is 1.73 bits per heavy atom. The van der Waals surface area contributed by atoms with E-state index in [1.54, 1.807) is 12.1 Å². The van der Waals surface area contributed by atoms with Gasteiger partial charge in [0, 0.05) is 6.42 Å². The van der Waals surface area contributed by atoms with Crippen LogP contribution in [-0.4, -0.2) is 25.1 Å². The Hall–Kier alpha value is -0.853. The van der Waals surface area contributed by atoms with Gasteiger partial charge in [-0.2, -0.15) is 13.2 Å². The number of alkyl halides is 3. The highest BCUT2D eigenvalue weighted by Gasteiger charge is 2.27. The van der Waals surface area contributed by atoms with Gasteiger partial charge in [0.15, 0.2) is 0 Å². The quantitative estimate of drug-likeness (QED) is 0.754. The lowest BCUT2D eigenvalue weighted by molar-refractivity contribution is -0.133. The summed E-state index contributed by atoms with van der Waals surface area (Å²) >= 11 is 0. The second kappa shape index (κ2) is 4.78. The Bertz CT molecular complexity index is 325. The third-order valence-corrected chi connectivity index (χ3v) is 3.13. The predicted octanol–water partition coefficient (Wildman–Crippen LogP) is 0.594. The van der Waals surface area contributed by atoms with Crippen molar-refractivity contribution in [2.45, 2.75) is 19.0 Å². The first-order valence-electron chi connectivity index (χ1n) is 4.41. The van der Waals surface area contributed by atoms with Crippen LogP contribution < -0.4 is 5.19 Å². The van der Waals surface area contributed by atoms with Crippen molar-refractivity contribution in [2.75, 3.05) is 0 Å². The summed E-state index contributed by atoms with van der Waals surface area (Å²) in [6.45, 7) is 0. The molecule has 0 atom stereocenters. The SMILES string of the molecule is O[SiH](O)c1ccccc1CCC(F)(F)F. The molecule has 0 aromatic heterocycles. The van der Waals surface area contributed by atoms with Gasteiger partial charge in [0.2, 0.25) is 0 Å². The van der Waals surface area contributed by atoms with E-state index in [-0.39, 0.29) is 11.6 Å². The summed E-state index contributed by atoms with van der Waals surface area (Å²) in [6, 6.07) is 6.13. The summed E-state index contributed by atoms with van der Waals surface area (Å²) in [4.78, 5) is 18.1. The molecule has 1 rings (SSSR count). The summed E-state index contributed by atoms with van der Waals surface area (Å²) < 4.78 is 35.9. The van der Waals surface area contributed by atoms with E-state index < -0.39 is 21.9 Å². The zero-order valence-electron chi connectivity index (χ0n) is 7.83. The van der Waals surface area contributed by atoms with Gasteiger partial charge in [-0.15, -0.1) is 0 Å². The second-order valence-electron chi connectivity index (χ2n) is 3.19. The third-order valence-electron chi connectivity index (χ3n) is 2.01. The minimum Gasteiger partial charge on any atom is -0.410 e. The van der Waals surface area contributed by atoms with Crippen molar-refractivity contribution in [1.29, 1.82) is 0 Å². The lowest BCUT2D eigenvalue weighted by Crippen LogP contribution is -2.33. The highest BCUT2D eigenvalue weighted by Crippen LogP contribution is 2.21. The fourth-order valence-electron chi connectivity index (χ4n) is 1.29. The van der Waals surface area contributed by atoms with Crippen LogP contribution in [0.25, 0.3) is 0 Å². The first kappa shape index (κ1) is 12.2. The normalized spacial score (nSPS) is 12.1. The molecule has 0 aliphatic heterocycles. The fraction of sp³-hybridized carbons (Fsp3) is 0.333. The Labute approximate surface area is 86.8 Å². The van der Waals surface area contributed by atoms with Crippen LogP contribution in [0.2, 0.25) is 0 Å². The molecule has 0 aliphatic carbocycles. The number of hydrogen-bond acceptors (Lipinski definition) is 2. The van der Waals surface area contributed by atoms with Gasteiger partial charge < -0.3 is 9.59 Å². The van der Waals surface area contributed by atoms with Crippen LogP contribution in [0.3, 0.4) is 0 Å². The Kier molecular flexibility index (Phi) is 3.89. The smallest absolute Gasteiger partial charge is 0.389 e. The monoisotopic (exact) mass is 236 g/mol. The molecule has 1 aromatic rings. The lowest BCUT2D eigenvalue weighted by Gasteiger charge is -2.10. The van der Waals surface area contributed by atoms with Crippen molar-refractivity contribution in [3.63, 3.8) is 0 Å². The Morgan fingerprint density at radius 1 is 1.13 bits per heavy atom. The summed E-state index contributed by atoms with van der Waals surface area (Å²) in [6.07, 6.45) is -5.36. The standard InChI is InChI=1S/C9H11F3O2Si/c10-9(11,12)6-5-7-3-1-2-4-8(7)15(13)14/h1-4,13-15H,5-6H2. The molecule has 0 amide bonds. The third kappa shape index (κ3) is 4.02. The minimum atomic E-state index is -4.21. The summed E-state index contributed by atoms with van der Waals surface area (Å²) in [5.74, 6) is 0. The molecular formula is C9H11F3O2Si. The molecule has 84 valence electrons. The van der Waals surface area contributed by atoms with Crippen LogP contribution >= 0.6 is 0 Å². The van der Waals surface area contributed by atoms with Crippen LogP contribution in [0.4, 0.5) is 13.2 Å². The molecule has 6 heteroatoms. The van der Waals surface area contributed by atoms with Gasteiger partial charge in [0.25, 0.3) is 0 Å². The van der Waals surface area contributed by atoms with Crippen LogP contribution in [0.15, 0.2) is 24.3 Å². The van der Waals surface area contributed by atoms with Crippen molar-refractivity contribution in [3.8, 4) is 0 Å². The second-order valence-corrected chi connectivity index (χ2v) is 4.56. The average Bonchev–Trinajstić information content (AvgIpc) is 2.14. The van der Waals surface area contributed by atoms with Crippen LogP contribution in [0.5, 0.6) is 0 Å². The van der Waals surface area contributed by atoms with E-state index in [1.165, 1.54) is 12.1 Å². The molecule has 0 unspecified atom stereocenters. The van der Waals surface area contributed by atoms with Gasteiger partial charge in [0.05, 0.1) is 0 Å². The molecule has 0 aliphatic rings. The fourth-order valence-corrected chi connectivity index (χ4v) is 2.15. The first-order valence-corrected chi connectivity index (χ1v) is 6.02. The number of benzene rings is 1. The molecule has 0 fully saturated rings. The molecule has 1 aromatic carbocycles. The zero-order valence-corrected chi connectivity index (χ0v) is 8.98. The van der Waals surface area contributed by atoms with Crippen molar-refractivity contribution in [3.05, 3.63) is 29.8 Å². The molecule has 0 saturated carbocycles. The Balaban J connectivity index is 2.76. The number of hydrogen-bond donors (Lipinski definition) is 2. The molecule has 0 radical (unpaired) electrons. The van der Waals surface area contributed by atoms with E-state index in [2.05, 4.69) is 0 Å². The maximum Gasteiger partial charge on any atom is 0.389 e. The molecule has 15 heavy (non-hydrogen) atoms. The van der Waals surface area contributed by atoms with Gasteiger partial charge in [0.1, 0.15) is 0 Å². The molecule has 0 heterocycles. The van der Waals surface area contributed by atoms with E-state index in [0.717, 1.165) is 0 Å². The van der Waals surface area contributed by atoms with Gasteiger partial charge in [-0.1, -0.05) is 24.3 Å². The molecule has 2 N–H and O–H groups in total. The molecular weight excluding hydrogens is 225 g/mol. The van der Waals surface area contributed by atoms with Crippen molar-refractivity contribution >= 4 is 14.5 Å². The van der Waals surface area contributed by atoms with Gasteiger partial charge >= 0.3 is 15.5 Å². The maximum atomic E-state index is 12.0. The predicted molar refractivity (Wildman–Crippen MR) is 52.0 cm³/mol. The maximum absolute atomic E-state index is 12.0. The van der Waals surface area contributed by atoms with Gasteiger partial charge in [-0.3, -0.25) is 0 Å². The van der Waals surface area contributed by atoms with E-state index in [0.29, 0.717) is 5.56 Å². The van der Waals surface area contributed by atoms with Crippen LogP contribution in [0.1, 0.15) is 12.0 Å². The molecule has 2 nitrogen and oxygen atoms in total. The summed E-state index contributed by atoms with van der Waals surface area (Å²) in [5, 5.41) is 0.266. The number of aryl methyl sites for hydroxylation is 1. The van der Waals surface area contributed by atoms with Crippen molar-refractivity contribution in [2.24, 2.45) is 0 Å². The zero-order chi connectivity index (χ0) is 11.5. The number of halogens is 3. The number of rotatable bonds is 3. The highest BCUT2D eigenvalue weighted by atomic mass is 28.3. The minimum absolute atomic E-state index is 0.204. The van der Waals surface area contributed by atoms with Crippen LogP contribution in [0, 0.1) is 0 Å². The van der Waals surface area contributed by atoms with Crippen molar-refractivity contribution in [1.82, 2.24) is 0 Å². The molecule has 0 bridgehead atoms. The summed E-state index contributed by atoms with van der Waals surface area (Å²) in [7, 11) is -3.02. The van der Waals surface area contributed by atoms with Gasteiger partial charge in [-0.25, -0.2) is 0 Å². The van der Waals surface area contributed by atoms with E-state index in [1.807, 2.05) is 0 Å². The Morgan fingerprint density at radius 3 is 2.27 bits per heavy atom. The average molecular weight is 236 g/mol. The van der Waals surface area contributed by atoms with Gasteiger partial charge in [-0.05, 0) is 17.2 Å². The largest absolute Gasteiger partial charge is 0.410 e. The molecule has 0 saturated heterocycles. The molecule has 0 spiro atoms.